The Morgan fingerprint density at radius 2 is 1.75 bits per heavy atom. The Morgan fingerprint density at radius 3 is 2.50 bits per heavy atom. The zero-order valence-corrected chi connectivity index (χ0v) is 23.8. The quantitative estimate of drug-likeness (QED) is 0.216. The maximum atomic E-state index is 13.8. The fourth-order valence-electron chi connectivity index (χ4n) is 4.50. The fraction of sp³-hybridized carbons (Fsp3) is 0.267. The van der Waals surface area contributed by atoms with Crippen LogP contribution in [0.3, 0.4) is 0 Å². The second-order valence-corrected chi connectivity index (χ2v) is 10.0. The minimum absolute atomic E-state index is 0.148. The standard InChI is InChI=1S/C30H30Cl2N4O4/c1-20(28-33-24-14-7-6-12-22(24)29(38)36(28)18-9-16-26(37)40-2)35(19-17-21-10-4-3-5-11-21)30(39)34-25-15-8-13-23(31)27(25)32/h3-8,10-15,20H,9,16-19H2,1-2H3,(H,34,39). The van der Waals surface area contributed by atoms with Crippen LogP contribution in [0.5, 0.6) is 0 Å². The van der Waals surface area contributed by atoms with Crippen molar-refractivity contribution in [3.8, 4) is 0 Å². The van der Waals surface area contributed by atoms with Crippen molar-refractivity contribution in [3.05, 3.63) is 105 Å². The van der Waals surface area contributed by atoms with Gasteiger partial charge in [-0.15, -0.1) is 0 Å². The van der Waals surface area contributed by atoms with Crippen molar-refractivity contribution in [2.45, 2.75) is 38.8 Å². The molecule has 208 valence electrons. The number of halogens is 2. The lowest BCUT2D eigenvalue weighted by atomic mass is 10.1. The number of para-hydroxylation sites is 1. The summed E-state index contributed by atoms with van der Waals surface area (Å²) in [5, 5.41) is 3.88. The minimum Gasteiger partial charge on any atom is -0.469 e. The van der Waals surface area contributed by atoms with E-state index in [0.29, 0.717) is 46.8 Å². The lowest BCUT2D eigenvalue weighted by Crippen LogP contribution is -2.41. The molecule has 1 heterocycles. The lowest BCUT2D eigenvalue weighted by Gasteiger charge is -2.31. The summed E-state index contributed by atoms with van der Waals surface area (Å²) in [6, 6.07) is 20.9. The molecule has 2 amide bonds. The van der Waals surface area contributed by atoms with Crippen molar-refractivity contribution in [1.82, 2.24) is 14.5 Å². The summed E-state index contributed by atoms with van der Waals surface area (Å²) in [5.41, 5.74) is 1.71. The Morgan fingerprint density at radius 1 is 1.02 bits per heavy atom. The molecule has 1 unspecified atom stereocenters. The molecule has 1 atom stereocenters. The zero-order chi connectivity index (χ0) is 28.6. The van der Waals surface area contributed by atoms with Gasteiger partial charge in [0.15, 0.2) is 0 Å². The van der Waals surface area contributed by atoms with Gasteiger partial charge >= 0.3 is 12.0 Å². The molecular formula is C30H30Cl2N4O4. The van der Waals surface area contributed by atoms with E-state index in [0.717, 1.165) is 5.56 Å². The van der Waals surface area contributed by atoms with E-state index in [1.807, 2.05) is 43.3 Å². The molecule has 40 heavy (non-hydrogen) atoms. The summed E-state index contributed by atoms with van der Waals surface area (Å²) in [4.78, 5) is 45.6. The molecule has 1 N–H and O–H groups in total. The fourth-order valence-corrected chi connectivity index (χ4v) is 4.84. The van der Waals surface area contributed by atoms with Crippen molar-refractivity contribution in [1.29, 1.82) is 0 Å². The van der Waals surface area contributed by atoms with Gasteiger partial charge in [-0.1, -0.05) is 71.7 Å². The number of anilines is 1. The Labute approximate surface area is 242 Å². The van der Waals surface area contributed by atoms with Crippen molar-refractivity contribution in [3.63, 3.8) is 0 Å². The van der Waals surface area contributed by atoms with Gasteiger partial charge < -0.3 is 15.0 Å². The number of methoxy groups -OCH3 is 1. The van der Waals surface area contributed by atoms with Crippen LogP contribution < -0.4 is 10.9 Å². The first kappa shape index (κ1) is 29.1. The summed E-state index contributed by atoms with van der Waals surface area (Å²) < 4.78 is 6.31. The maximum absolute atomic E-state index is 13.8. The van der Waals surface area contributed by atoms with Gasteiger partial charge in [-0.25, -0.2) is 9.78 Å². The van der Waals surface area contributed by atoms with Crippen LogP contribution in [0, 0.1) is 0 Å². The number of nitrogens with zero attached hydrogens (tertiary/aromatic N) is 3. The molecule has 1 aromatic heterocycles. The Bertz CT molecular complexity index is 1560. The third-order valence-electron chi connectivity index (χ3n) is 6.66. The van der Waals surface area contributed by atoms with Crippen LogP contribution in [0.4, 0.5) is 10.5 Å². The van der Waals surface area contributed by atoms with Crippen LogP contribution in [-0.4, -0.2) is 40.1 Å². The summed E-state index contributed by atoms with van der Waals surface area (Å²) in [6.45, 7) is 2.40. The first-order valence-corrected chi connectivity index (χ1v) is 13.7. The molecule has 3 aromatic carbocycles. The van der Waals surface area contributed by atoms with Crippen LogP contribution >= 0.6 is 23.2 Å². The average molecular weight is 582 g/mol. The van der Waals surface area contributed by atoms with E-state index in [4.69, 9.17) is 32.9 Å². The number of carbonyl (C=O) groups excluding carboxylic acids is 2. The predicted molar refractivity (Wildman–Crippen MR) is 158 cm³/mol. The molecule has 0 aliphatic carbocycles. The van der Waals surface area contributed by atoms with Gasteiger partial charge in [0.2, 0.25) is 0 Å². The smallest absolute Gasteiger partial charge is 0.322 e. The molecule has 0 bridgehead atoms. The van der Waals surface area contributed by atoms with Crippen molar-refractivity contribution in [2.24, 2.45) is 0 Å². The van der Waals surface area contributed by atoms with Gasteiger partial charge in [-0.05, 0) is 49.6 Å². The number of rotatable bonds is 10. The molecule has 0 radical (unpaired) electrons. The van der Waals surface area contributed by atoms with E-state index in [-0.39, 0.29) is 29.5 Å². The second kappa shape index (κ2) is 13.5. The molecule has 0 aliphatic rings. The number of hydrogen-bond acceptors (Lipinski definition) is 5. The zero-order valence-electron chi connectivity index (χ0n) is 22.3. The van der Waals surface area contributed by atoms with E-state index in [2.05, 4.69) is 5.32 Å². The van der Waals surface area contributed by atoms with Crippen molar-refractivity contribution < 1.29 is 14.3 Å². The number of carbonyl (C=O) groups is 2. The van der Waals surface area contributed by atoms with Crippen LogP contribution in [0.25, 0.3) is 10.9 Å². The summed E-state index contributed by atoms with van der Waals surface area (Å²) >= 11 is 12.5. The van der Waals surface area contributed by atoms with Crippen LogP contribution in [0.1, 0.15) is 37.2 Å². The highest BCUT2D eigenvalue weighted by Gasteiger charge is 2.27. The minimum atomic E-state index is -0.614. The number of hydrogen-bond donors (Lipinski definition) is 1. The van der Waals surface area contributed by atoms with E-state index in [1.165, 1.54) is 7.11 Å². The number of aromatic nitrogens is 2. The molecule has 0 spiro atoms. The van der Waals surface area contributed by atoms with Crippen molar-refractivity contribution in [2.75, 3.05) is 19.0 Å². The number of ether oxygens (including phenoxy) is 1. The molecule has 0 aliphatic heterocycles. The number of urea groups is 1. The number of fused-ring (bicyclic) bond motifs is 1. The number of amides is 2. The van der Waals surface area contributed by atoms with E-state index in [9.17, 15) is 14.4 Å². The highest BCUT2D eigenvalue weighted by Crippen LogP contribution is 2.30. The monoisotopic (exact) mass is 580 g/mol. The highest BCUT2D eigenvalue weighted by molar-refractivity contribution is 6.43. The van der Waals surface area contributed by atoms with Gasteiger partial charge in [0.1, 0.15) is 5.82 Å². The molecule has 0 saturated carbocycles. The number of benzene rings is 3. The Hall–Kier alpha value is -3.88. The molecule has 0 saturated heterocycles. The van der Waals surface area contributed by atoms with Gasteiger partial charge in [0.25, 0.3) is 5.56 Å². The first-order valence-electron chi connectivity index (χ1n) is 12.9. The third kappa shape index (κ3) is 6.81. The normalized spacial score (nSPS) is 11.7. The van der Waals surface area contributed by atoms with E-state index >= 15 is 0 Å². The average Bonchev–Trinajstić information content (AvgIpc) is 2.97. The molecule has 4 aromatic rings. The molecule has 10 heteroatoms. The lowest BCUT2D eigenvalue weighted by molar-refractivity contribution is -0.140. The molecule has 0 fully saturated rings. The Balaban J connectivity index is 1.73. The first-order chi connectivity index (χ1) is 19.3. The van der Waals surface area contributed by atoms with E-state index in [1.54, 1.807) is 45.9 Å². The summed E-state index contributed by atoms with van der Waals surface area (Å²) in [7, 11) is 1.33. The number of esters is 1. The molecule has 4 rings (SSSR count). The van der Waals surface area contributed by atoms with Crippen LogP contribution in [-0.2, 0) is 22.5 Å². The third-order valence-corrected chi connectivity index (χ3v) is 7.48. The molecule has 8 nitrogen and oxygen atoms in total. The Kier molecular flexibility index (Phi) is 9.79. The van der Waals surface area contributed by atoms with Crippen molar-refractivity contribution >= 4 is 51.8 Å². The SMILES string of the molecule is COC(=O)CCCn1c(C(C)N(CCc2ccccc2)C(=O)Nc2cccc(Cl)c2Cl)nc2ccccc2c1=O. The van der Waals surface area contributed by atoms with Gasteiger partial charge in [-0.2, -0.15) is 0 Å². The van der Waals surface area contributed by atoms with Crippen LogP contribution in [0.15, 0.2) is 77.6 Å². The summed E-state index contributed by atoms with van der Waals surface area (Å²) in [6.07, 6.45) is 1.09. The van der Waals surface area contributed by atoms with Crippen LogP contribution in [0.2, 0.25) is 10.0 Å². The van der Waals surface area contributed by atoms with Gasteiger partial charge in [0, 0.05) is 19.5 Å². The highest BCUT2D eigenvalue weighted by atomic mass is 35.5. The topological polar surface area (TPSA) is 93.5 Å². The predicted octanol–water partition coefficient (Wildman–Crippen LogP) is 6.49. The maximum Gasteiger partial charge on any atom is 0.322 e. The van der Waals surface area contributed by atoms with Gasteiger partial charge in [0.05, 0.1) is 39.8 Å². The number of nitrogens with one attached hydrogen (secondary N) is 1. The summed E-state index contributed by atoms with van der Waals surface area (Å²) in [5.74, 6) is 0.0487. The second-order valence-electron chi connectivity index (χ2n) is 9.26. The van der Waals surface area contributed by atoms with Gasteiger partial charge in [-0.3, -0.25) is 14.2 Å². The molecular weight excluding hydrogens is 551 g/mol. The van der Waals surface area contributed by atoms with E-state index < -0.39 is 12.1 Å². The largest absolute Gasteiger partial charge is 0.469 e.